The molecule has 0 aliphatic heterocycles. The number of carbonyl (C=O) groups is 2. The predicted molar refractivity (Wildman–Crippen MR) is 78.8 cm³/mol. The fraction of sp³-hybridized carbons (Fsp3) is 0.714. The first-order valence-corrected chi connectivity index (χ1v) is 8.67. The van der Waals surface area contributed by atoms with E-state index in [2.05, 4.69) is 10.0 Å². The third kappa shape index (κ3) is 2.97. The van der Waals surface area contributed by atoms with Gasteiger partial charge in [-0.05, 0) is 32.6 Å². The Balaban J connectivity index is 2.14. The smallest absolute Gasteiger partial charge is 0.259 e. The largest absolute Gasteiger partial charge is 0.341 e. The van der Waals surface area contributed by atoms with Crippen LogP contribution >= 0.6 is 0 Å². The van der Waals surface area contributed by atoms with E-state index in [-0.39, 0.29) is 11.8 Å². The minimum absolute atomic E-state index is 0.149. The summed E-state index contributed by atoms with van der Waals surface area (Å²) in [6, 6.07) is 0. The van der Waals surface area contributed by atoms with Gasteiger partial charge in [-0.1, -0.05) is 19.1 Å². The molecule has 2 aliphatic rings. The van der Waals surface area contributed by atoms with Crippen LogP contribution in [0.3, 0.4) is 0 Å². The molecule has 2 atom stereocenters. The quantitative estimate of drug-likeness (QED) is 0.711. The first kappa shape index (κ1) is 16.0. The first-order valence-electron chi connectivity index (χ1n) is 7.19. The van der Waals surface area contributed by atoms with Crippen LogP contribution in [0.5, 0.6) is 0 Å². The van der Waals surface area contributed by atoms with Crippen molar-refractivity contribution in [3.8, 4) is 0 Å². The third-order valence-corrected chi connectivity index (χ3v) is 6.41. The normalized spacial score (nSPS) is 30.0. The average molecular weight is 314 g/mol. The van der Waals surface area contributed by atoms with Gasteiger partial charge in [-0.2, -0.15) is 0 Å². The van der Waals surface area contributed by atoms with Crippen molar-refractivity contribution < 1.29 is 18.0 Å². The van der Waals surface area contributed by atoms with Gasteiger partial charge in [-0.25, -0.2) is 8.42 Å². The zero-order valence-corrected chi connectivity index (χ0v) is 13.4. The lowest BCUT2D eigenvalue weighted by Gasteiger charge is -2.19. The Hall–Kier alpha value is -1.37. The van der Waals surface area contributed by atoms with Crippen LogP contribution in [0.25, 0.3) is 0 Å². The van der Waals surface area contributed by atoms with Gasteiger partial charge in [0.2, 0.25) is 15.9 Å². The molecule has 0 spiro atoms. The maximum atomic E-state index is 12.4. The highest BCUT2D eigenvalue weighted by Crippen LogP contribution is 2.47. The molecular weight excluding hydrogens is 292 g/mol. The van der Waals surface area contributed by atoms with E-state index < -0.39 is 26.2 Å². The Morgan fingerprint density at radius 2 is 1.95 bits per heavy atom. The highest BCUT2D eigenvalue weighted by molar-refractivity contribution is 7.91. The fourth-order valence-electron chi connectivity index (χ4n) is 2.38. The molecule has 2 saturated carbocycles. The second-order valence-corrected chi connectivity index (χ2v) is 8.38. The summed E-state index contributed by atoms with van der Waals surface area (Å²) >= 11 is 0. The molecule has 0 aromatic heterocycles. The third-order valence-electron chi connectivity index (χ3n) is 4.25. The van der Waals surface area contributed by atoms with Crippen molar-refractivity contribution in [2.45, 2.75) is 56.7 Å². The lowest BCUT2D eigenvalue weighted by Crippen LogP contribution is -2.53. The molecule has 0 saturated heterocycles. The maximum absolute atomic E-state index is 12.4. The van der Waals surface area contributed by atoms with Gasteiger partial charge >= 0.3 is 0 Å². The number of carbonyl (C=O) groups excluding carboxylic acids is 2. The topological polar surface area (TPSA) is 92.3 Å². The SMILES string of the molecule is CCC=CC1CC1(NC(C)=O)C(=O)NS(=O)(=O)C1(C)CC1. The Bertz CT molecular complexity index is 592. The van der Waals surface area contributed by atoms with Crippen LogP contribution in [-0.2, 0) is 19.6 Å². The van der Waals surface area contributed by atoms with Gasteiger partial charge in [0, 0.05) is 12.8 Å². The summed E-state index contributed by atoms with van der Waals surface area (Å²) in [5, 5.41) is 2.62. The van der Waals surface area contributed by atoms with E-state index in [1.54, 1.807) is 6.92 Å². The van der Waals surface area contributed by atoms with Gasteiger partial charge < -0.3 is 5.32 Å². The molecule has 0 bridgehead atoms. The van der Waals surface area contributed by atoms with Crippen molar-refractivity contribution in [1.82, 2.24) is 10.0 Å². The molecular formula is C14H22N2O4S. The van der Waals surface area contributed by atoms with Crippen molar-refractivity contribution >= 4 is 21.8 Å². The number of hydrogen-bond donors (Lipinski definition) is 2. The summed E-state index contributed by atoms with van der Waals surface area (Å²) in [4.78, 5) is 23.7. The molecule has 2 aliphatic carbocycles. The van der Waals surface area contributed by atoms with Crippen LogP contribution in [0.15, 0.2) is 12.2 Å². The van der Waals surface area contributed by atoms with Crippen molar-refractivity contribution in [1.29, 1.82) is 0 Å². The summed E-state index contributed by atoms with van der Waals surface area (Å²) in [5.41, 5.74) is -1.12. The summed E-state index contributed by atoms with van der Waals surface area (Å²) in [5.74, 6) is -1.12. The molecule has 0 radical (unpaired) electrons. The maximum Gasteiger partial charge on any atom is 0.259 e. The van der Waals surface area contributed by atoms with Crippen molar-refractivity contribution in [2.75, 3.05) is 0 Å². The number of amides is 2. The molecule has 2 rings (SSSR count). The average Bonchev–Trinajstić information content (AvgIpc) is 3.24. The molecule has 0 heterocycles. The van der Waals surface area contributed by atoms with Crippen LogP contribution in [-0.4, -0.2) is 30.5 Å². The lowest BCUT2D eigenvalue weighted by atomic mass is 10.1. The summed E-state index contributed by atoms with van der Waals surface area (Å²) in [6.45, 7) is 4.91. The molecule has 0 aromatic rings. The molecule has 2 amide bonds. The van der Waals surface area contributed by atoms with E-state index in [9.17, 15) is 18.0 Å². The molecule has 0 aromatic carbocycles. The number of nitrogens with one attached hydrogen (secondary N) is 2. The van der Waals surface area contributed by atoms with E-state index in [4.69, 9.17) is 0 Å². The number of sulfonamides is 1. The fourth-order valence-corrected chi connectivity index (χ4v) is 3.69. The number of hydrogen-bond acceptors (Lipinski definition) is 4. The second-order valence-electron chi connectivity index (χ2n) is 6.18. The molecule has 21 heavy (non-hydrogen) atoms. The van der Waals surface area contributed by atoms with Crippen molar-refractivity contribution in [3.05, 3.63) is 12.2 Å². The van der Waals surface area contributed by atoms with Crippen LogP contribution in [0.1, 0.15) is 46.5 Å². The molecule has 6 nitrogen and oxygen atoms in total. The molecule has 2 unspecified atom stereocenters. The Morgan fingerprint density at radius 1 is 1.33 bits per heavy atom. The van der Waals surface area contributed by atoms with Crippen molar-refractivity contribution in [3.63, 3.8) is 0 Å². The van der Waals surface area contributed by atoms with Gasteiger partial charge in [-0.15, -0.1) is 0 Å². The van der Waals surface area contributed by atoms with Gasteiger partial charge in [0.05, 0.1) is 4.75 Å². The minimum Gasteiger partial charge on any atom is -0.341 e. The zero-order valence-electron chi connectivity index (χ0n) is 12.6. The van der Waals surface area contributed by atoms with Crippen LogP contribution < -0.4 is 10.0 Å². The number of rotatable bonds is 6. The second kappa shape index (κ2) is 5.12. The van der Waals surface area contributed by atoms with Crippen molar-refractivity contribution in [2.24, 2.45) is 5.92 Å². The first-order chi connectivity index (χ1) is 9.67. The van der Waals surface area contributed by atoms with Gasteiger partial charge in [0.1, 0.15) is 5.54 Å². The highest BCUT2D eigenvalue weighted by Gasteiger charge is 2.61. The molecule has 118 valence electrons. The van der Waals surface area contributed by atoms with Crippen LogP contribution in [0.4, 0.5) is 0 Å². The van der Waals surface area contributed by atoms with Gasteiger partial charge in [0.25, 0.3) is 5.91 Å². The summed E-state index contributed by atoms with van der Waals surface area (Å²) < 4.78 is 25.6. The summed E-state index contributed by atoms with van der Waals surface area (Å²) in [6.07, 6.45) is 6.15. The van der Waals surface area contributed by atoms with E-state index in [0.29, 0.717) is 19.3 Å². The Kier molecular flexibility index (Phi) is 3.90. The predicted octanol–water partition coefficient (Wildman–Crippen LogP) is 0.846. The molecule has 2 N–H and O–H groups in total. The van der Waals surface area contributed by atoms with Gasteiger partial charge in [-0.3, -0.25) is 14.3 Å². The molecule has 7 heteroatoms. The molecule has 2 fully saturated rings. The standard InChI is InChI=1S/C14H22N2O4S/c1-4-5-6-11-9-14(11,15-10(2)17)12(18)16-21(19,20)13(3)7-8-13/h5-6,11H,4,7-9H2,1-3H3,(H,15,17)(H,16,18). The van der Waals surface area contributed by atoms with E-state index in [0.717, 1.165) is 6.42 Å². The summed E-state index contributed by atoms with van der Waals surface area (Å²) in [7, 11) is -3.68. The van der Waals surface area contributed by atoms with E-state index in [1.165, 1.54) is 6.92 Å². The zero-order chi connectivity index (χ0) is 15.9. The minimum atomic E-state index is -3.68. The highest BCUT2D eigenvalue weighted by atomic mass is 32.2. The number of allylic oxidation sites excluding steroid dienone is 1. The monoisotopic (exact) mass is 314 g/mol. The van der Waals surface area contributed by atoms with Gasteiger partial charge in [0.15, 0.2) is 0 Å². The van der Waals surface area contributed by atoms with Crippen LogP contribution in [0, 0.1) is 5.92 Å². The Labute approximate surface area is 125 Å². The van der Waals surface area contributed by atoms with Crippen LogP contribution in [0.2, 0.25) is 0 Å². The van der Waals surface area contributed by atoms with E-state index >= 15 is 0 Å². The Morgan fingerprint density at radius 3 is 2.43 bits per heavy atom. The van der Waals surface area contributed by atoms with E-state index in [1.807, 2.05) is 19.1 Å². The lowest BCUT2D eigenvalue weighted by molar-refractivity contribution is -0.128.